The molecule has 0 unspecified atom stereocenters. The summed E-state index contributed by atoms with van der Waals surface area (Å²) in [7, 11) is 0. The van der Waals surface area contributed by atoms with Gasteiger partial charge in [0.1, 0.15) is 11.9 Å². The molecule has 0 aromatic carbocycles. The molecule has 17 heavy (non-hydrogen) atoms. The number of rotatable bonds is 5. The molecule has 0 aliphatic carbocycles. The predicted octanol–water partition coefficient (Wildman–Crippen LogP) is 0.0240. The van der Waals surface area contributed by atoms with Crippen molar-refractivity contribution in [3.05, 3.63) is 23.8 Å². The number of aromatic carboxylic acids is 1. The van der Waals surface area contributed by atoms with Crippen LogP contribution >= 0.6 is 0 Å². The third kappa shape index (κ3) is 3.52. The first-order valence-electron chi connectivity index (χ1n) is 4.67. The summed E-state index contributed by atoms with van der Waals surface area (Å²) in [5.41, 5.74) is 0.270. The Hall–Kier alpha value is -2.51. The molecule has 0 bridgehead atoms. The SMILES string of the molecule is N#CCN(CC#N)Cc1ncncc1C(=O)O. The lowest BCUT2D eigenvalue weighted by Crippen LogP contribution is -2.25. The second kappa shape index (κ2) is 6.16. The normalized spacial score (nSPS) is 9.59. The second-order valence-electron chi connectivity index (χ2n) is 3.15. The minimum absolute atomic E-state index is 0.0200. The highest BCUT2D eigenvalue weighted by Crippen LogP contribution is 2.07. The van der Waals surface area contributed by atoms with Gasteiger partial charge in [-0.1, -0.05) is 0 Å². The van der Waals surface area contributed by atoms with Crippen LogP contribution in [0.3, 0.4) is 0 Å². The van der Waals surface area contributed by atoms with E-state index in [9.17, 15) is 4.79 Å². The van der Waals surface area contributed by atoms with Gasteiger partial charge in [0.2, 0.25) is 0 Å². The second-order valence-corrected chi connectivity index (χ2v) is 3.15. The summed E-state index contributed by atoms with van der Waals surface area (Å²) in [4.78, 5) is 19.9. The summed E-state index contributed by atoms with van der Waals surface area (Å²) in [6, 6.07) is 3.81. The quantitative estimate of drug-likeness (QED) is 0.710. The molecule has 0 fully saturated rings. The zero-order chi connectivity index (χ0) is 12.7. The molecule has 0 radical (unpaired) electrons. The van der Waals surface area contributed by atoms with Crippen LogP contribution in [0.4, 0.5) is 0 Å². The Balaban J connectivity index is 2.90. The Kier molecular flexibility index (Phi) is 4.55. The lowest BCUT2D eigenvalue weighted by Gasteiger charge is -2.15. The molecule has 0 amide bonds. The van der Waals surface area contributed by atoms with Gasteiger partial charge < -0.3 is 5.11 Å². The fraction of sp³-hybridized carbons (Fsp3) is 0.300. The summed E-state index contributed by atoms with van der Waals surface area (Å²) < 4.78 is 0. The number of hydrogen-bond acceptors (Lipinski definition) is 6. The van der Waals surface area contributed by atoms with Gasteiger partial charge in [-0.25, -0.2) is 14.8 Å². The van der Waals surface area contributed by atoms with E-state index >= 15 is 0 Å². The van der Waals surface area contributed by atoms with Crippen LogP contribution in [-0.2, 0) is 6.54 Å². The average Bonchev–Trinajstić information content (AvgIpc) is 2.30. The maximum absolute atomic E-state index is 10.9. The molecule has 0 atom stereocenters. The van der Waals surface area contributed by atoms with Crippen molar-refractivity contribution in [3.8, 4) is 12.1 Å². The zero-order valence-electron chi connectivity index (χ0n) is 8.87. The van der Waals surface area contributed by atoms with Gasteiger partial charge in [0.15, 0.2) is 0 Å². The van der Waals surface area contributed by atoms with E-state index in [2.05, 4.69) is 9.97 Å². The van der Waals surface area contributed by atoms with Gasteiger partial charge in [0.25, 0.3) is 0 Å². The van der Waals surface area contributed by atoms with Crippen molar-refractivity contribution in [1.82, 2.24) is 14.9 Å². The Labute approximate surface area is 97.6 Å². The van der Waals surface area contributed by atoms with Gasteiger partial charge in [0, 0.05) is 12.7 Å². The van der Waals surface area contributed by atoms with E-state index in [1.165, 1.54) is 17.4 Å². The van der Waals surface area contributed by atoms with Crippen LogP contribution in [0.15, 0.2) is 12.5 Å². The van der Waals surface area contributed by atoms with Crippen molar-refractivity contribution >= 4 is 5.97 Å². The topological polar surface area (TPSA) is 114 Å². The first kappa shape index (κ1) is 12.6. The third-order valence-corrected chi connectivity index (χ3v) is 1.99. The zero-order valence-corrected chi connectivity index (χ0v) is 8.87. The number of carboxylic acids is 1. The van der Waals surface area contributed by atoms with Gasteiger partial charge in [-0.05, 0) is 0 Å². The van der Waals surface area contributed by atoms with Gasteiger partial charge in [-0.3, -0.25) is 4.90 Å². The molecule has 1 heterocycles. The summed E-state index contributed by atoms with van der Waals surface area (Å²) in [6.07, 6.45) is 2.43. The molecule has 0 aliphatic rings. The standard InChI is InChI=1S/C10H9N5O2/c11-1-3-15(4-2-12)6-9-8(10(16)17)5-13-7-14-9/h5,7H,3-4,6H2,(H,16,17). The molecule has 1 N–H and O–H groups in total. The third-order valence-electron chi connectivity index (χ3n) is 1.99. The van der Waals surface area contributed by atoms with Crippen LogP contribution in [-0.4, -0.2) is 39.0 Å². The molecule has 1 aromatic rings. The number of carbonyl (C=O) groups is 1. The molecule has 1 aromatic heterocycles. The van der Waals surface area contributed by atoms with E-state index in [1.54, 1.807) is 0 Å². The van der Waals surface area contributed by atoms with E-state index in [1.807, 2.05) is 12.1 Å². The Morgan fingerprint density at radius 2 is 2.06 bits per heavy atom. The summed E-state index contributed by atoms with van der Waals surface area (Å²) >= 11 is 0. The van der Waals surface area contributed by atoms with Crippen LogP contribution < -0.4 is 0 Å². The smallest absolute Gasteiger partial charge is 0.339 e. The van der Waals surface area contributed by atoms with Crippen molar-refractivity contribution in [2.75, 3.05) is 13.1 Å². The highest BCUT2D eigenvalue weighted by molar-refractivity contribution is 5.88. The molecular weight excluding hydrogens is 222 g/mol. The maximum atomic E-state index is 10.9. The number of nitrogens with zero attached hydrogens (tertiary/aromatic N) is 5. The highest BCUT2D eigenvalue weighted by atomic mass is 16.4. The van der Waals surface area contributed by atoms with E-state index in [0.717, 1.165) is 0 Å². The van der Waals surface area contributed by atoms with Crippen molar-refractivity contribution < 1.29 is 9.90 Å². The van der Waals surface area contributed by atoms with Crippen molar-refractivity contribution in [2.24, 2.45) is 0 Å². The molecule has 0 saturated carbocycles. The molecule has 7 heteroatoms. The van der Waals surface area contributed by atoms with E-state index in [0.29, 0.717) is 0 Å². The molecular formula is C10H9N5O2. The fourth-order valence-electron chi connectivity index (χ4n) is 1.24. The van der Waals surface area contributed by atoms with Crippen molar-refractivity contribution in [2.45, 2.75) is 6.54 Å². The molecule has 0 saturated heterocycles. The monoisotopic (exact) mass is 231 g/mol. The van der Waals surface area contributed by atoms with Crippen LogP contribution in [0.5, 0.6) is 0 Å². The lowest BCUT2D eigenvalue weighted by molar-refractivity contribution is 0.0693. The fourth-order valence-corrected chi connectivity index (χ4v) is 1.24. The van der Waals surface area contributed by atoms with Crippen molar-refractivity contribution in [1.29, 1.82) is 10.5 Å². The van der Waals surface area contributed by atoms with Crippen LogP contribution in [0.25, 0.3) is 0 Å². The predicted molar refractivity (Wildman–Crippen MR) is 55.5 cm³/mol. The Bertz CT molecular complexity index is 472. The maximum Gasteiger partial charge on any atom is 0.339 e. The molecule has 86 valence electrons. The minimum atomic E-state index is -1.13. The Morgan fingerprint density at radius 1 is 1.41 bits per heavy atom. The van der Waals surface area contributed by atoms with E-state index < -0.39 is 5.97 Å². The largest absolute Gasteiger partial charge is 0.478 e. The van der Waals surface area contributed by atoms with Crippen LogP contribution in [0.2, 0.25) is 0 Å². The van der Waals surface area contributed by atoms with Crippen LogP contribution in [0.1, 0.15) is 16.1 Å². The number of carboxylic acid groups (broad SMARTS) is 1. The van der Waals surface area contributed by atoms with Crippen molar-refractivity contribution in [3.63, 3.8) is 0 Å². The summed E-state index contributed by atoms with van der Waals surface area (Å²) in [6.45, 7) is 0.207. The molecule has 1 rings (SSSR count). The molecule has 0 aliphatic heterocycles. The van der Waals surface area contributed by atoms with Gasteiger partial charge in [-0.15, -0.1) is 0 Å². The van der Waals surface area contributed by atoms with Gasteiger partial charge >= 0.3 is 5.97 Å². The highest BCUT2D eigenvalue weighted by Gasteiger charge is 2.14. The summed E-state index contributed by atoms with van der Waals surface area (Å²) in [5, 5.41) is 26.0. The van der Waals surface area contributed by atoms with Gasteiger partial charge in [0.05, 0.1) is 30.9 Å². The first-order valence-corrected chi connectivity index (χ1v) is 4.67. The summed E-state index contributed by atoms with van der Waals surface area (Å²) in [5.74, 6) is -1.13. The lowest BCUT2D eigenvalue weighted by atomic mass is 10.2. The Morgan fingerprint density at radius 3 is 2.59 bits per heavy atom. The average molecular weight is 231 g/mol. The van der Waals surface area contributed by atoms with E-state index in [4.69, 9.17) is 15.6 Å². The number of aromatic nitrogens is 2. The minimum Gasteiger partial charge on any atom is -0.478 e. The number of hydrogen-bond donors (Lipinski definition) is 1. The van der Waals surface area contributed by atoms with Gasteiger partial charge in [-0.2, -0.15) is 10.5 Å². The molecule has 7 nitrogen and oxygen atoms in total. The van der Waals surface area contributed by atoms with E-state index in [-0.39, 0.29) is 30.9 Å². The number of nitriles is 2. The first-order chi connectivity index (χ1) is 8.19. The molecule has 0 spiro atoms. The van der Waals surface area contributed by atoms with Crippen LogP contribution in [0, 0.1) is 22.7 Å².